The van der Waals surface area contributed by atoms with Crippen LogP contribution in [0.25, 0.3) is 0 Å². The molecule has 0 aliphatic heterocycles. The monoisotopic (exact) mass is 156 g/mol. The predicted octanol–water partition coefficient (Wildman–Crippen LogP) is 0.119. The van der Waals surface area contributed by atoms with Crippen molar-refractivity contribution in [2.75, 3.05) is 7.05 Å². The van der Waals surface area contributed by atoms with Crippen molar-refractivity contribution >= 4 is 5.91 Å². The third-order valence-corrected chi connectivity index (χ3v) is 2.26. The zero-order chi connectivity index (χ0) is 8.43. The van der Waals surface area contributed by atoms with E-state index in [1.807, 2.05) is 6.92 Å². The van der Waals surface area contributed by atoms with E-state index in [9.17, 15) is 4.79 Å². The fraction of sp³-hybridized carbons (Fsp3) is 0.875. The Kier molecular flexibility index (Phi) is 2.49. The Morgan fingerprint density at radius 1 is 1.64 bits per heavy atom. The summed E-state index contributed by atoms with van der Waals surface area (Å²) in [4.78, 5) is 11.2. The van der Waals surface area contributed by atoms with Crippen LogP contribution in [0.2, 0.25) is 0 Å². The molecule has 1 saturated carbocycles. The normalized spacial score (nSPS) is 31.2. The third-order valence-electron chi connectivity index (χ3n) is 2.26. The van der Waals surface area contributed by atoms with Crippen molar-refractivity contribution in [2.45, 2.75) is 32.4 Å². The van der Waals surface area contributed by atoms with Crippen LogP contribution < -0.4 is 10.6 Å². The molecule has 0 heterocycles. The molecule has 2 N–H and O–H groups in total. The lowest BCUT2D eigenvalue weighted by atomic mass is 10.3. The number of carbonyl (C=O) groups excluding carboxylic acids is 1. The highest BCUT2D eigenvalue weighted by molar-refractivity contribution is 5.81. The molecular weight excluding hydrogens is 140 g/mol. The first-order valence-corrected chi connectivity index (χ1v) is 4.12. The highest BCUT2D eigenvalue weighted by Gasteiger charge is 2.34. The molecule has 3 heteroatoms. The van der Waals surface area contributed by atoms with E-state index in [0.717, 1.165) is 6.42 Å². The summed E-state index contributed by atoms with van der Waals surface area (Å²) in [6.45, 7) is 4.01. The standard InChI is InChI=1S/C8H16N2O/c1-5-4-7(5)10-8(11)6(2)9-3/h5-7,9H,4H2,1-3H3,(H,10,11)/t5?,6-,7?/m0/s1. The van der Waals surface area contributed by atoms with Gasteiger partial charge in [-0.15, -0.1) is 0 Å². The molecule has 0 spiro atoms. The van der Waals surface area contributed by atoms with Crippen LogP contribution in [0.15, 0.2) is 0 Å². The maximum Gasteiger partial charge on any atom is 0.237 e. The van der Waals surface area contributed by atoms with E-state index in [4.69, 9.17) is 0 Å². The summed E-state index contributed by atoms with van der Waals surface area (Å²) in [6, 6.07) is 0.376. The molecule has 11 heavy (non-hydrogen) atoms. The second-order valence-corrected chi connectivity index (χ2v) is 3.34. The Morgan fingerprint density at radius 3 is 2.55 bits per heavy atom. The topological polar surface area (TPSA) is 41.1 Å². The highest BCUT2D eigenvalue weighted by Crippen LogP contribution is 2.28. The van der Waals surface area contributed by atoms with Gasteiger partial charge in [-0.1, -0.05) is 6.92 Å². The number of likely N-dealkylation sites (N-methyl/N-ethyl adjacent to an activating group) is 1. The number of nitrogens with one attached hydrogen (secondary N) is 2. The van der Waals surface area contributed by atoms with Crippen LogP contribution in [0.5, 0.6) is 0 Å². The van der Waals surface area contributed by atoms with Gasteiger partial charge in [0, 0.05) is 6.04 Å². The third kappa shape index (κ3) is 2.19. The van der Waals surface area contributed by atoms with Gasteiger partial charge < -0.3 is 10.6 Å². The van der Waals surface area contributed by atoms with Crippen molar-refractivity contribution in [3.8, 4) is 0 Å². The molecule has 1 rings (SSSR count). The van der Waals surface area contributed by atoms with Crippen LogP contribution in [0.3, 0.4) is 0 Å². The average molecular weight is 156 g/mol. The van der Waals surface area contributed by atoms with E-state index in [1.54, 1.807) is 7.05 Å². The molecule has 2 unspecified atom stereocenters. The van der Waals surface area contributed by atoms with E-state index >= 15 is 0 Å². The molecule has 1 aliphatic carbocycles. The summed E-state index contributed by atoms with van der Waals surface area (Å²) in [5.41, 5.74) is 0. The Hall–Kier alpha value is -0.570. The summed E-state index contributed by atoms with van der Waals surface area (Å²) >= 11 is 0. The first-order chi connectivity index (χ1) is 5.15. The van der Waals surface area contributed by atoms with Gasteiger partial charge in [-0.3, -0.25) is 4.79 Å². The summed E-state index contributed by atoms with van der Waals surface area (Å²) in [6.07, 6.45) is 1.14. The summed E-state index contributed by atoms with van der Waals surface area (Å²) < 4.78 is 0. The lowest BCUT2D eigenvalue weighted by Crippen LogP contribution is -2.41. The Morgan fingerprint density at radius 2 is 2.18 bits per heavy atom. The Bertz CT molecular complexity index is 158. The molecule has 64 valence electrons. The van der Waals surface area contributed by atoms with Gasteiger partial charge >= 0.3 is 0 Å². The molecule has 0 aromatic heterocycles. The van der Waals surface area contributed by atoms with Crippen LogP contribution >= 0.6 is 0 Å². The van der Waals surface area contributed by atoms with Gasteiger partial charge in [0.2, 0.25) is 5.91 Å². The minimum Gasteiger partial charge on any atom is -0.352 e. The molecule has 0 bridgehead atoms. The first-order valence-electron chi connectivity index (χ1n) is 4.12. The van der Waals surface area contributed by atoms with Gasteiger partial charge in [-0.2, -0.15) is 0 Å². The molecule has 3 atom stereocenters. The second kappa shape index (κ2) is 3.22. The summed E-state index contributed by atoms with van der Waals surface area (Å²) in [7, 11) is 1.79. The predicted molar refractivity (Wildman–Crippen MR) is 44.2 cm³/mol. The molecular formula is C8H16N2O. The fourth-order valence-corrected chi connectivity index (χ4v) is 0.962. The zero-order valence-electron chi connectivity index (χ0n) is 7.35. The minimum absolute atomic E-state index is 0.0669. The lowest BCUT2D eigenvalue weighted by molar-refractivity contribution is -0.122. The minimum atomic E-state index is -0.0669. The average Bonchev–Trinajstić information content (AvgIpc) is 2.65. The smallest absolute Gasteiger partial charge is 0.237 e. The molecule has 0 saturated heterocycles. The fourth-order valence-electron chi connectivity index (χ4n) is 0.962. The van der Waals surface area contributed by atoms with E-state index in [1.165, 1.54) is 0 Å². The van der Waals surface area contributed by atoms with Gasteiger partial charge in [0.25, 0.3) is 0 Å². The van der Waals surface area contributed by atoms with E-state index in [2.05, 4.69) is 17.6 Å². The van der Waals surface area contributed by atoms with E-state index in [0.29, 0.717) is 12.0 Å². The maximum absolute atomic E-state index is 11.2. The van der Waals surface area contributed by atoms with Crippen LogP contribution in [0, 0.1) is 5.92 Å². The number of amides is 1. The Balaban J connectivity index is 2.21. The van der Waals surface area contributed by atoms with Crippen molar-refractivity contribution in [3.63, 3.8) is 0 Å². The number of rotatable bonds is 3. The molecule has 3 nitrogen and oxygen atoms in total. The van der Waals surface area contributed by atoms with Crippen LogP contribution in [0.4, 0.5) is 0 Å². The quantitative estimate of drug-likeness (QED) is 0.609. The van der Waals surface area contributed by atoms with Crippen molar-refractivity contribution in [3.05, 3.63) is 0 Å². The van der Waals surface area contributed by atoms with Gasteiger partial charge in [-0.05, 0) is 26.3 Å². The highest BCUT2D eigenvalue weighted by atomic mass is 16.2. The largest absolute Gasteiger partial charge is 0.352 e. The summed E-state index contributed by atoms with van der Waals surface area (Å²) in [5, 5.41) is 5.85. The van der Waals surface area contributed by atoms with Gasteiger partial charge in [0.05, 0.1) is 6.04 Å². The lowest BCUT2D eigenvalue weighted by Gasteiger charge is -2.09. The SMILES string of the molecule is CN[C@@H](C)C(=O)NC1CC1C. The maximum atomic E-state index is 11.2. The number of hydrogen-bond acceptors (Lipinski definition) is 2. The van der Waals surface area contributed by atoms with E-state index < -0.39 is 0 Å². The van der Waals surface area contributed by atoms with Gasteiger partial charge in [0.15, 0.2) is 0 Å². The van der Waals surface area contributed by atoms with Crippen molar-refractivity contribution in [2.24, 2.45) is 5.92 Å². The van der Waals surface area contributed by atoms with Gasteiger partial charge in [-0.25, -0.2) is 0 Å². The van der Waals surface area contributed by atoms with Crippen molar-refractivity contribution in [1.29, 1.82) is 0 Å². The Labute approximate surface area is 67.5 Å². The number of carbonyl (C=O) groups is 1. The van der Waals surface area contributed by atoms with Crippen molar-refractivity contribution in [1.82, 2.24) is 10.6 Å². The number of hydrogen-bond donors (Lipinski definition) is 2. The van der Waals surface area contributed by atoms with Crippen LogP contribution in [-0.2, 0) is 4.79 Å². The second-order valence-electron chi connectivity index (χ2n) is 3.34. The molecule has 1 aliphatic rings. The zero-order valence-corrected chi connectivity index (χ0v) is 7.35. The molecule has 0 radical (unpaired) electrons. The molecule has 0 aromatic carbocycles. The van der Waals surface area contributed by atoms with Gasteiger partial charge in [0.1, 0.15) is 0 Å². The van der Waals surface area contributed by atoms with Crippen LogP contribution in [-0.4, -0.2) is 25.0 Å². The molecule has 1 amide bonds. The molecule has 1 fully saturated rings. The van der Waals surface area contributed by atoms with Crippen LogP contribution in [0.1, 0.15) is 20.3 Å². The first kappa shape index (κ1) is 8.53. The molecule has 0 aromatic rings. The van der Waals surface area contributed by atoms with E-state index in [-0.39, 0.29) is 11.9 Å². The van der Waals surface area contributed by atoms with Crippen molar-refractivity contribution < 1.29 is 4.79 Å². The summed E-state index contributed by atoms with van der Waals surface area (Å²) in [5.74, 6) is 0.796.